The predicted octanol–water partition coefficient (Wildman–Crippen LogP) is 4.75. The van der Waals surface area contributed by atoms with E-state index >= 15 is 0 Å². The summed E-state index contributed by atoms with van der Waals surface area (Å²) in [5, 5.41) is 0. The van der Waals surface area contributed by atoms with E-state index in [1.54, 1.807) is 13.4 Å². The Kier molecular flexibility index (Phi) is 5.81. The predicted molar refractivity (Wildman–Crippen MR) is 129 cm³/mol. The molecule has 33 heavy (non-hydrogen) atoms. The zero-order valence-electron chi connectivity index (χ0n) is 18.6. The van der Waals surface area contributed by atoms with Crippen LogP contribution in [0.25, 0.3) is 11.1 Å². The second kappa shape index (κ2) is 9.20. The summed E-state index contributed by atoms with van der Waals surface area (Å²) in [5.41, 5.74) is 6.10. The molecule has 0 aliphatic carbocycles. The third kappa shape index (κ3) is 4.32. The molecule has 2 heterocycles. The van der Waals surface area contributed by atoms with E-state index in [1.165, 1.54) is 0 Å². The number of ether oxygens (including phenoxy) is 1. The number of carbonyl (C=O) groups excluding carboxylic acids is 1. The Hall–Kier alpha value is -4.06. The lowest BCUT2D eigenvalue weighted by atomic mass is 10.0. The van der Waals surface area contributed by atoms with Crippen LogP contribution in [0, 0.1) is 0 Å². The maximum atomic E-state index is 13.5. The summed E-state index contributed by atoms with van der Waals surface area (Å²) in [6.07, 6.45) is 3.62. The van der Waals surface area contributed by atoms with Gasteiger partial charge in [-0.05, 0) is 41.0 Å². The summed E-state index contributed by atoms with van der Waals surface area (Å²) in [7, 11) is 1.60. The maximum absolute atomic E-state index is 13.5. The van der Waals surface area contributed by atoms with Gasteiger partial charge in [-0.25, -0.2) is 4.98 Å². The first kappa shape index (κ1) is 20.8. The van der Waals surface area contributed by atoms with Gasteiger partial charge in [0.2, 0.25) is 0 Å². The highest BCUT2D eigenvalue weighted by molar-refractivity contribution is 5.97. The van der Waals surface area contributed by atoms with E-state index < -0.39 is 0 Å². The molecule has 0 unspecified atom stereocenters. The Labute approximate surface area is 193 Å². The first-order chi connectivity index (χ1) is 16.2. The van der Waals surface area contributed by atoms with E-state index in [0.717, 1.165) is 28.1 Å². The van der Waals surface area contributed by atoms with Crippen LogP contribution in [0.4, 0.5) is 5.69 Å². The van der Waals surface area contributed by atoms with Gasteiger partial charge in [-0.3, -0.25) is 4.79 Å². The minimum absolute atomic E-state index is 0.0230. The number of para-hydroxylation sites is 1. The monoisotopic (exact) mass is 438 g/mol. The van der Waals surface area contributed by atoms with Crippen molar-refractivity contribution in [2.24, 2.45) is 0 Å². The van der Waals surface area contributed by atoms with Gasteiger partial charge in [-0.1, -0.05) is 48.5 Å². The number of aromatic nitrogens is 2. The van der Waals surface area contributed by atoms with Gasteiger partial charge in [-0.2, -0.15) is 0 Å². The van der Waals surface area contributed by atoms with Crippen LogP contribution in [0.1, 0.15) is 21.6 Å². The van der Waals surface area contributed by atoms with Crippen LogP contribution >= 0.6 is 0 Å². The van der Waals surface area contributed by atoms with E-state index in [2.05, 4.69) is 45.2 Å². The minimum Gasteiger partial charge on any atom is -0.496 e. The third-order valence-electron chi connectivity index (χ3n) is 6.06. The molecule has 0 radical (unpaired) electrons. The van der Waals surface area contributed by atoms with Crippen LogP contribution in [-0.2, 0) is 13.1 Å². The Morgan fingerprint density at radius 3 is 2.61 bits per heavy atom. The number of hydrogen-bond acceptors (Lipinski definition) is 4. The number of fused-ring (bicyclic) bond motifs is 1. The van der Waals surface area contributed by atoms with Crippen LogP contribution in [0.3, 0.4) is 0 Å². The molecule has 0 spiro atoms. The van der Waals surface area contributed by atoms with Gasteiger partial charge in [0, 0.05) is 31.5 Å². The Balaban J connectivity index is 1.52. The summed E-state index contributed by atoms with van der Waals surface area (Å²) in [6.45, 7) is 2.53. The summed E-state index contributed by atoms with van der Waals surface area (Å²) in [5.74, 6) is 0.573. The quantitative estimate of drug-likeness (QED) is 0.489. The molecule has 3 aromatic carbocycles. The number of aromatic amines is 1. The zero-order chi connectivity index (χ0) is 22.6. The van der Waals surface area contributed by atoms with E-state index in [1.807, 2.05) is 53.6 Å². The second-order valence-corrected chi connectivity index (χ2v) is 8.12. The van der Waals surface area contributed by atoms with Gasteiger partial charge in [-0.15, -0.1) is 0 Å². The minimum atomic E-state index is -0.0230. The summed E-state index contributed by atoms with van der Waals surface area (Å²) < 4.78 is 5.46. The molecule has 0 bridgehead atoms. The Bertz CT molecular complexity index is 1240. The SMILES string of the molecule is COc1ccccc1C(=O)N1CCN(Cc2c[nH]cn2)c2ccc(-c3ccccc3)cc2C1. The molecule has 1 aromatic heterocycles. The highest BCUT2D eigenvalue weighted by Crippen LogP contribution is 2.32. The molecule has 1 amide bonds. The van der Waals surface area contributed by atoms with Crippen LogP contribution < -0.4 is 9.64 Å². The number of rotatable bonds is 5. The van der Waals surface area contributed by atoms with Crippen molar-refractivity contribution in [1.82, 2.24) is 14.9 Å². The molecule has 0 saturated carbocycles. The van der Waals surface area contributed by atoms with Crippen LogP contribution in [0.5, 0.6) is 5.75 Å². The number of methoxy groups -OCH3 is 1. The van der Waals surface area contributed by atoms with Gasteiger partial charge in [0.15, 0.2) is 0 Å². The number of imidazole rings is 1. The largest absolute Gasteiger partial charge is 0.496 e. The van der Waals surface area contributed by atoms with Crippen molar-refractivity contribution < 1.29 is 9.53 Å². The first-order valence-electron chi connectivity index (χ1n) is 11.1. The average Bonchev–Trinajstić information content (AvgIpc) is 3.32. The van der Waals surface area contributed by atoms with E-state index in [4.69, 9.17) is 4.74 Å². The fourth-order valence-electron chi connectivity index (χ4n) is 4.38. The lowest BCUT2D eigenvalue weighted by Gasteiger charge is -2.24. The Morgan fingerprint density at radius 1 is 1.00 bits per heavy atom. The van der Waals surface area contributed by atoms with Crippen LogP contribution in [0.15, 0.2) is 85.3 Å². The van der Waals surface area contributed by atoms with Crippen LogP contribution in [-0.4, -0.2) is 41.0 Å². The van der Waals surface area contributed by atoms with Gasteiger partial charge < -0.3 is 19.5 Å². The van der Waals surface area contributed by atoms with Crippen molar-refractivity contribution in [1.29, 1.82) is 0 Å². The number of H-pyrrole nitrogens is 1. The number of anilines is 1. The summed E-state index contributed by atoms with van der Waals surface area (Å²) >= 11 is 0. The molecule has 6 heteroatoms. The second-order valence-electron chi connectivity index (χ2n) is 8.12. The fourth-order valence-corrected chi connectivity index (χ4v) is 4.38. The van der Waals surface area contributed by atoms with Crippen molar-refractivity contribution >= 4 is 11.6 Å². The average molecular weight is 439 g/mol. The molecule has 1 aliphatic heterocycles. The number of benzene rings is 3. The van der Waals surface area contributed by atoms with Gasteiger partial charge >= 0.3 is 0 Å². The highest BCUT2D eigenvalue weighted by Gasteiger charge is 2.26. The number of hydrogen-bond donors (Lipinski definition) is 1. The molecule has 0 atom stereocenters. The van der Waals surface area contributed by atoms with Gasteiger partial charge in [0.1, 0.15) is 5.75 Å². The topological polar surface area (TPSA) is 61.5 Å². The molecule has 166 valence electrons. The summed E-state index contributed by atoms with van der Waals surface area (Å²) in [4.78, 5) is 25.2. The molecule has 0 fully saturated rings. The smallest absolute Gasteiger partial charge is 0.257 e. The van der Waals surface area contributed by atoms with Gasteiger partial charge in [0.25, 0.3) is 5.91 Å². The van der Waals surface area contributed by atoms with E-state index in [-0.39, 0.29) is 5.91 Å². The molecular formula is C27H26N4O2. The maximum Gasteiger partial charge on any atom is 0.257 e. The zero-order valence-corrected chi connectivity index (χ0v) is 18.6. The van der Waals surface area contributed by atoms with Crippen molar-refractivity contribution in [3.05, 3.63) is 102 Å². The number of amides is 1. The third-order valence-corrected chi connectivity index (χ3v) is 6.06. The molecule has 4 aromatic rings. The standard InChI is InChI=1S/C27H26N4O2/c1-33-26-10-6-5-9-24(26)27(32)31-14-13-30(18-23-16-28-19-29-23)25-12-11-21(15-22(25)17-31)20-7-3-2-4-8-20/h2-12,15-16,19H,13-14,17-18H2,1H3,(H,28,29). The lowest BCUT2D eigenvalue weighted by molar-refractivity contribution is 0.0748. The molecule has 1 N–H and O–H groups in total. The van der Waals surface area contributed by atoms with Crippen molar-refractivity contribution in [2.45, 2.75) is 13.1 Å². The van der Waals surface area contributed by atoms with Gasteiger partial charge in [0.05, 0.1) is 31.2 Å². The Morgan fingerprint density at radius 2 is 1.82 bits per heavy atom. The summed E-state index contributed by atoms with van der Waals surface area (Å²) in [6, 6.07) is 24.3. The first-order valence-corrected chi connectivity index (χ1v) is 11.1. The molecule has 6 nitrogen and oxygen atoms in total. The van der Waals surface area contributed by atoms with Crippen molar-refractivity contribution in [3.8, 4) is 16.9 Å². The molecule has 0 saturated heterocycles. The molecular weight excluding hydrogens is 412 g/mol. The van der Waals surface area contributed by atoms with Crippen LogP contribution in [0.2, 0.25) is 0 Å². The van der Waals surface area contributed by atoms with Crippen molar-refractivity contribution in [2.75, 3.05) is 25.1 Å². The number of carbonyl (C=O) groups is 1. The van der Waals surface area contributed by atoms with E-state index in [9.17, 15) is 4.79 Å². The van der Waals surface area contributed by atoms with Crippen molar-refractivity contribution in [3.63, 3.8) is 0 Å². The highest BCUT2D eigenvalue weighted by atomic mass is 16.5. The molecule has 1 aliphatic rings. The van der Waals surface area contributed by atoms with E-state index in [0.29, 0.717) is 37.5 Å². The lowest BCUT2D eigenvalue weighted by Crippen LogP contribution is -2.35. The fraction of sp³-hybridized carbons (Fsp3) is 0.185. The molecule has 5 rings (SSSR count). The normalized spacial score (nSPS) is 13.4. The number of nitrogens with one attached hydrogen (secondary N) is 1. The number of nitrogens with zero attached hydrogens (tertiary/aromatic N) is 3.